The van der Waals surface area contributed by atoms with Gasteiger partial charge in [-0.25, -0.2) is 0 Å². The Kier molecular flexibility index (Phi) is 52.4. The van der Waals surface area contributed by atoms with Crippen molar-refractivity contribution in [3.05, 3.63) is 0 Å². The first-order valence-corrected chi connectivity index (χ1v) is 53.3. The molecule has 7 rings (SSSR count). The number of hydrogen-bond acceptors (Lipinski definition) is 6. The van der Waals surface area contributed by atoms with Gasteiger partial charge in [-0.05, 0) is 148 Å². The van der Waals surface area contributed by atoms with Crippen LogP contribution in [0.25, 0.3) is 0 Å². The van der Waals surface area contributed by atoms with Crippen molar-refractivity contribution in [1.82, 2.24) is 0 Å². The second kappa shape index (κ2) is 59.1. The Balaban J connectivity index is 1.22. The molecule has 6 heteroatoms. The van der Waals surface area contributed by atoms with Gasteiger partial charge in [-0.2, -0.15) is 0 Å². The Morgan fingerprint density at radius 1 is 0.147 bits per heavy atom. The van der Waals surface area contributed by atoms with Crippen molar-refractivity contribution < 1.29 is 0 Å². The van der Waals surface area contributed by atoms with Gasteiger partial charge in [0.15, 0.2) is 0 Å². The second-order valence-electron chi connectivity index (χ2n) is 36.5. The highest BCUT2D eigenvalue weighted by molar-refractivity contribution is 8.06. The minimum atomic E-state index is 0.880. The summed E-state index contributed by atoms with van der Waals surface area (Å²) in [5, 5.41) is 0. The van der Waals surface area contributed by atoms with Crippen LogP contribution in [0.1, 0.15) is 465 Å². The molecule has 6 aliphatic rings. The van der Waals surface area contributed by atoms with Crippen LogP contribution in [0.15, 0.2) is 29.4 Å². The zero-order valence-corrected chi connectivity index (χ0v) is 74.2. The highest BCUT2D eigenvalue weighted by Gasteiger charge is 2.34. The van der Waals surface area contributed by atoms with Gasteiger partial charge in [0.05, 0.1) is 0 Å². The van der Waals surface area contributed by atoms with E-state index < -0.39 is 0 Å². The van der Waals surface area contributed by atoms with E-state index in [0.717, 1.165) is 71.0 Å². The lowest BCUT2D eigenvalue weighted by molar-refractivity contribution is 0.274. The molecule has 6 fully saturated rings. The lowest BCUT2D eigenvalue weighted by Crippen LogP contribution is -2.18. The molecule has 6 aliphatic carbocycles. The van der Waals surface area contributed by atoms with Crippen LogP contribution >= 0.6 is 70.6 Å². The Labute approximate surface area is 665 Å². The van der Waals surface area contributed by atoms with Crippen LogP contribution in [-0.4, -0.2) is 34.5 Å². The van der Waals surface area contributed by atoms with E-state index in [4.69, 9.17) is 0 Å². The van der Waals surface area contributed by atoms with Gasteiger partial charge in [-0.3, -0.25) is 0 Å². The third kappa shape index (κ3) is 38.2. The van der Waals surface area contributed by atoms with Crippen molar-refractivity contribution in [3.63, 3.8) is 0 Å². The molecular formula is C96H174S6. The highest BCUT2D eigenvalue weighted by atomic mass is 32.2. The molecule has 102 heavy (non-hydrogen) atoms. The van der Waals surface area contributed by atoms with Crippen molar-refractivity contribution in [2.24, 2.45) is 71.0 Å². The minimum Gasteiger partial charge on any atom is -0.123 e. The monoisotopic (exact) mass is 1520 g/mol. The first-order valence-electron chi connectivity index (χ1n) is 47.4. The van der Waals surface area contributed by atoms with E-state index in [1.165, 1.54) is 458 Å². The predicted molar refractivity (Wildman–Crippen MR) is 471 cm³/mol. The van der Waals surface area contributed by atoms with Crippen LogP contribution in [0.5, 0.6) is 0 Å². The van der Waals surface area contributed by atoms with Crippen molar-refractivity contribution in [3.8, 4) is 0 Å². The summed E-state index contributed by atoms with van der Waals surface area (Å²) in [6, 6.07) is 0. The molecule has 0 N–H and O–H groups in total. The average molecular weight is 1520 g/mol. The topological polar surface area (TPSA) is 0 Å². The van der Waals surface area contributed by atoms with E-state index in [-0.39, 0.29) is 0 Å². The van der Waals surface area contributed by atoms with Crippen LogP contribution in [0, 0.1) is 71.0 Å². The molecule has 0 saturated heterocycles. The number of rotatable bonds is 60. The fourth-order valence-corrected chi connectivity index (χ4v) is 29.7. The standard InChI is InChI=1S/C96H174S6/c1-7-13-19-25-31-37-43-79-49-61-85(62-50-79)73-97-91-92(98-74-86-63-51-80(52-64-86)44-38-32-26-20-14-8-2)94(100-76-88-67-55-82(56-68-88)46-40-34-28-22-16-10-4)96(102-78-90-71-59-84(60-72-90)48-42-36-30-24-18-12-6)95(101-77-89-69-57-83(58-70-89)47-41-35-29-23-17-11-5)93(91)99-75-87-65-53-81(54-66-87)45-39-33-27-21-15-9-3/h79-90H,7-78H2,1-6H3/t79-,80-,81-,82-,83-,84-,85-,86-,87-,88-,89-,90-. The zero-order chi connectivity index (χ0) is 71.5. The second-order valence-corrected chi connectivity index (χ2v) is 42.7. The summed E-state index contributed by atoms with van der Waals surface area (Å²) in [6.45, 7) is 14.3. The van der Waals surface area contributed by atoms with Crippen LogP contribution in [-0.2, 0) is 0 Å². The molecule has 1 aromatic carbocycles. The first kappa shape index (κ1) is 90.5. The van der Waals surface area contributed by atoms with Gasteiger partial charge in [-0.15, -0.1) is 70.6 Å². The summed E-state index contributed by atoms with van der Waals surface area (Å²) in [6.07, 6.45) is 97.3. The molecule has 0 nitrogen and oxygen atoms in total. The van der Waals surface area contributed by atoms with Gasteiger partial charge in [0, 0.05) is 63.9 Å². The highest BCUT2D eigenvalue weighted by Crippen LogP contribution is 2.58. The summed E-state index contributed by atoms with van der Waals surface area (Å²) in [5.41, 5.74) is 0. The van der Waals surface area contributed by atoms with E-state index in [2.05, 4.69) is 112 Å². The summed E-state index contributed by atoms with van der Waals surface area (Å²) in [7, 11) is 0. The Morgan fingerprint density at radius 2 is 0.255 bits per heavy atom. The normalized spacial score (nSPS) is 25.9. The molecule has 0 spiro atoms. The van der Waals surface area contributed by atoms with Crippen molar-refractivity contribution in [2.75, 3.05) is 34.5 Å². The van der Waals surface area contributed by atoms with Crippen LogP contribution in [0.2, 0.25) is 0 Å². The van der Waals surface area contributed by atoms with E-state index in [1.807, 2.05) is 29.4 Å². The fourth-order valence-electron chi connectivity index (χ4n) is 20.0. The van der Waals surface area contributed by atoms with Gasteiger partial charge >= 0.3 is 0 Å². The Hall–Kier alpha value is 1.32. The average Bonchev–Trinajstić information content (AvgIpc) is 0.763. The summed E-state index contributed by atoms with van der Waals surface area (Å²) < 4.78 is 0. The van der Waals surface area contributed by atoms with Crippen LogP contribution in [0.4, 0.5) is 0 Å². The number of benzene rings is 1. The van der Waals surface area contributed by atoms with Crippen molar-refractivity contribution in [2.45, 2.75) is 495 Å². The molecular weight excluding hydrogens is 1350 g/mol. The van der Waals surface area contributed by atoms with Gasteiger partial charge in [-0.1, -0.05) is 388 Å². The summed E-state index contributed by atoms with van der Waals surface area (Å²) >= 11 is 14.9. The zero-order valence-electron chi connectivity index (χ0n) is 69.3. The maximum absolute atomic E-state index is 2.48. The van der Waals surface area contributed by atoms with Crippen LogP contribution < -0.4 is 0 Å². The lowest BCUT2D eigenvalue weighted by atomic mass is 9.80. The molecule has 0 unspecified atom stereocenters. The molecule has 0 radical (unpaired) electrons. The smallest absolute Gasteiger partial charge is 0.0368 e. The van der Waals surface area contributed by atoms with Crippen molar-refractivity contribution in [1.29, 1.82) is 0 Å². The van der Waals surface area contributed by atoms with Gasteiger partial charge in [0.2, 0.25) is 0 Å². The molecule has 6 saturated carbocycles. The Bertz CT molecular complexity index is 1690. The molecule has 0 amide bonds. The molecule has 0 bridgehead atoms. The number of hydrogen-bond donors (Lipinski definition) is 0. The molecule has 0 heterocycles. The maximum atomic E-state index is 2.48. The van der Waals surface area contributed by atoms with E-state index >= 15 is 0 Å². The van der Waals surface area contributed by atoms with Crippen molar-refractivity contribution >= 4 is 70.6 Å². The van der Waals surface area contributed by atoms with E-state index in [1.54, 1.807) is 0 Å². The third-order valence-corrected chi connectivity index (χ3v) is 36.4. The third-order valence-electron chi connectivity index (χ3n) is 27.6. The predicted octanol–water partition coefficient (Wildman–Crippen LogP) is 35.6. The number of unbranched alkanes of at least 4 members (excludes halogenated alkanes) is 30. The van der Waals surface area contributed by atoms with E-state index in [9.17, 15) is 0 Å². The molecule has 1 aromatic rings. The summed E-state index contributed by atoms with van der Waals surface area (Å²) in [4.78, 5) is 11.1. The molecule has 0 atom stereocenters. The lowest BCUT2D eigenvalue weighted by Gasteiger charge is -2.33. The van der Waals surface area contributed by atoms with Crippen LogP contribution in [0.3, 0.4) is 0 Å². The quantitative estimate of drug-likeness (QED) is 0.0468. The Morgan fingerprint density at radius 3 is 0.382 bits per heavy atom. The fraction of sp³-hybridized carbons (Fsp3) is 0.938. The molecule has 0 aliphatic heterocycles. The molecule has 594 valence electrons. The largest absolute Gasteiger partial charge is 0.123 e. The van der Waals surface area contributed by atoms with Gasteiger partial charge in [0.25, 0.3) is 0 Å². The summed E-state index contributed by atoms with van der Waals surface area (Å²) in [5.74, 6) is 19.4. The SMILES string of the molecule is CCCCCCCC[C@H]1CC[C@H](CSc2c(SC[C@H]3CC[C@H](CCCCCCCC)CC3)c(SC[C@H]3CC[C@H](CCCCCCCC)CC3)c(SC[C@H]3CC[C@H](CCCCCCCC)CC3)c(SC[C@H]3CC[C@H](CCCCCCCC)CC3)c2SC[C@H]2CC[C@H](CCCCCCCC)CC2)CC1. The molecule has 0 aromatic heterocycles. The van der Waals surface area contributed by atoms with E-state index in [0.29, 0.717) is 0 Å². The minimum absolute atomic E-state index is 0.880. The number of thioether (sulfide) groups is 6. The van der Waals surface area contributed by atoms with Gasteiger partial charge in [0.1, 0.15) is 0 Å². The first-order chi connectivity index (χ1) is 50.4. The van der Waals surface area contributed by atoms with Gasteiger partial charge < -0.3 is 0 Å². The maximum Gasteiger partial charge on any atom is 0.0368 e.